The number of nitrogens with one attached hydrogen (secondary N) is 2. The summed E-state index contributed by atoms with van der Waals surface area (Å²) < 4.78 is 1.98. The maximum absolute atomic E-state index is 13.0. The van der Waals surface area contributed by atoms with E-state index in [0.717, 1.165) is 39.6 Å². The van der Waals surface area contributed by atoms with Crippen LogP contribution in [0.2, 0.25) is 5.02 Å². The highest BCUT2D eigenvalue weighted by Crippen LogP contribution is 2.28. The first kappa shape index (κ1) is 24.8. The second-order valence-corrected chi connectivity index (χ2v) is 10.1. The van der Waals surface area contributed by atoms with Gasteiger partial charge in [0.05, 0.1) is 11.8 Å². The molecule has 1 amide bonds. The minimum atomic E-state index is -0.377. The van der Waals surface area contributed by atoms with Crippen LogP contribution in [0.3, 0.4) is 0 Å². The van der Waals surface area contributed by atoms with Gasteiger partial charge in [-0.15, -0.1) is 10.2 Å². The summed E-state index contributed by atoms with van der Waals surface area (Å²) in [6.07, 6.45) is 0. The van der Waals surface area contributed by atoms with E-state index in [1.54, 1.807) is 0 Å². The summed E-state index contributed by atoms with van der Waals surface area (Å²) in [5, 5.41) is 16.3. The Morgan fingerprint density at radius 1 is 0.971 bits per heavy atom. The molecule has 2 N–H and O–H groups in total. The number of hydrogen-bond donors (Lipinski definition) is 2. The molecular weight excluding hydrogens is 478 g/mol. The number of amides is 1. The Kier molecular flexibility index (Phi) is 7.78. The van der Waals surface area contributed by atoms with E-state index in [1.807, 2.05) is 99.0 Å². The molecule has 0 spiro atoms. The standard InChI is InChI=1S/C27H28ClN5OS/c1-17-13-14-21(15-23(17)28)29-16-24-31-32-27(33(24)22-11-6-5-7-12-22)35-20(4)26(34)30-25-18(2)9-8-10-19(25)3/h5-15,20,29H,16H2,1-4H3,(H,30,34)/t20-/m0/s1. The van der Waals surface area contributed by atoms with Crippen LogP contribution in [0.15, 0.2) is 71.9 Å². The minimum Gasteiger partial charge on any atom is -0.378 e. The van der Waals surface area contributed by atoms with Gasteiger partial charge in [-0.2, -0.15) is 0 Å². The summed E-state index contributed by atoms with van der Waals surface area (Å²) in [4.78, 5) is 13.0. The van der Waals surface area contributed by atoms with Crippen LogP contribution in [0.4, 0.5) is 11.4 Å². The summed E-state index contributed by atoms with van der Waals surface area (Å²) in [5.41, 5.74) is 5.78. The molecule has 0 unspecified atom stereocenters. The fourth-order valence-corrected chi connectivity index (χ4v) is 4.73. The highest BCUT2D eigenvalue weighted by Gasteiger charge is 2.22. The zero-order chi connectivity index (χ0) is 24.9. The largest absolute Gasteiger partial charge is 0.378 e. The first-order valence-electron chi connectivity index (χ1n) is 11.4. The number of halogens is 1. The maximum Gasteiger partial charge on any atom is 0.237 e. The van der Waals surface area contributed by atoms with Crippen molar-refractivity contribution in [3.8, 4) is 5.69 Å². The van der Waals surface area contributed by atoms with Crippen molar-refractivity contribution in [1.82, 2.24) is 14.8 Å². The Morgan fingerprint density at radius 2 is 1.69 bits per heavy atom. The van der Waals surface area contributed by atoms with Crippen LogP contribution in [0.1, 0.15) is 29.4 Å². The molecule has 1 heterocycles. The smallest absolute Gasteiger partial charge is 0.237 e. The second kappa shape index (κ2) is 11.0. The number of nitrogens with zero attached hydrogens (tertiary/aromatic N) is 3. The predicted octanol–water partition coefficient (Wildman–Crippen LogP) is 6.58. The number of hydrogen-bond acceptors (Lipinski definition) is 5. The van der Waals surface area contributed by atoms with Crippen LogP contribution in [0.25, 0.3) is 5.69 Å². The molecule has 0 aliphatic heterocycles. The zero-order valence-electron chi connectivity index (χ0n) is 20.2. The number of rotatable bonds is 8. The fraction of sp³-hybridized carbons (Fsp3) is 0.222. The highest BCUT2D eigenvalue weighted by atomic mass is 35.5. The molecule has 0 radical (unpaired) electrons. The molecular formula is C27H28ClN5OS. The van der Waals surface area contributed by atoms with Crippen LogP contribution in [0.5, 0.6) is 0 Å². The Hall–Kier alpha value is -3.29. The van der Waals surface area contributed by atoms with Crippen molar-refractivity contribution in [2.45, 2.75) is 44.6 Å². The molecule has 0 fully saturated rings. The normalized spacial score (nSPS) is 11.8. The Labute approximate surface area is 215 Å². The van der Waals surface area contributed by atoms with E-state index in [9.17, 15) is 4.79 Å². The van der Waals surface area contributed by atoms with Crippen LogP contribution in [0, 0.1) is 20.8 Å². The third-order valence-electron chi connectivity index (χ3n) is 5.72. The van der Waals surface area contributed by atoms with Crippen molar-refractivity contribution in [1.29, 1.82) is 0 Å². The molecule has 0 bridgehead atoms. The summed E-state index contributed by atoms with van der Waals surface area (Å²) in [6.45, 7) is 8.29. The topological polar surface area (TPSA) is 71.8 Å². The highest BCUT2D eigenvalue weighted by molar-refractivity contribution is 8.00. The van der Waals surface area contributed by atoms with Gasteiger partial charge in [-0.25, -0.2) is 0 Å². The van der Waals surface area contributed by atoms with E-state index < -0.39 is 0 Å². The number of carbonyl (C=O) groups is 1. The molecule has 8 heteroatoms. The molecule has 6 nitrogen and oxygen atoms in total. The Morgan fingerprint density at radius 3 is 2.37 bits per heavy atom. The molecule has 1 atom stereocenters. The van der Waals surface area contributed by atoms with Crippen molar-refractivity contribution in [2.75, 3.05) is 10.6 Å². The van der Waals surface area contributed by atoms with Gasteiger partial charge in [0.1, 0.15) is 0 Å². The minimum absolute atomic E-state index is 0.0796. The third kappa shape index (κ3) is 5.86. The lowest BCUT2D eigenvalue weighted by molar-refractivity contribution is -0.115. The molecule has 3 aromatic carbocycles. The van der Waals surface area contributed by atoms with Gasteiger partial charge < -0.3 is 10.6 Å². The molecule has 180 valence electrons. The molecule has 1 aromatic heterocycles. The number of aromatic nitrogens is 3. The zero-order valence-corrected chi connectivity index (χ0v) is 21.7. The summed E-state index contributed by atoms with van der Waals surface area (Å²) in [5.74, 6) is 0.654. The maximum atomic E-state index is 13.0. The van der Waals surface area contributed by atoms with E-state index in [1.165, 1.54) is 11.8 Å². The van der Waals surface area contributed by atoms with E-state index in [2.05, 4.69) is 20.8 Å². The summed E-state index contributed by atoms with van der Waals surface area (Å²) in [7, 11) is 0. The number of thioether (sulfide) groups is 1. The molecule has 4 rings (SSSR count). The van der Waals surface area contributed by atoms with Gasteiger partial charge in [0.25, 0.3) is 0 Å². The first-order valence-corrected chi connectivity index (χ1v) is 12.6. The van der Waals surface area contributed by atoms with Crippen molar-refractivity contribution in [2.24, 2.45) is 0 Å². The third-order valence-corrected chi connectivity index (χ3v) is 7.17. The van der Waals surface area contributed by atoms with E-state index in [4.69, 9.17) is 11.6 Å². The van der Waals surface area contributed by atoms with Crippen molar-refractivity contribution in [3.05, 3.63) is 94.3 Å². The average molecular weight is 506 g/mol. The fourth-order valence-electron chi connectivity index (χ4n) is 3.66. The Bertz CT molecular complexity index is 1320. The number of benzene rings is 3. The van der Waals surface area contributed by atoms with Crippen molar-refractivity contribution >= 4 is 40.6 Å². The molecule has 0 aliphatic carbocycles. The van der Waals surface area contributed by atoms with Gasteiger partial charge >= 0.3 is 0 Å². The Balaban J connectivity index is 1.55. The van der Waals surface area contributed by atoms with E-state index in [-0.39, 0.29) is 11.2 Å². The number of carbonyl (C=O) groups excluding carboxylic acids is 1. The van der Waals surface area contributed by atoms with Crippen LogP contribution < -0.4 is 10.6 Å². The van der Waals surface area contributed by atoms with Gasteiger partial charge in [0, 0.05) is 22.1 Å². The lowest BCUT2D eigenvalue weighted by Crippen LogP contribution is -2.24. The van der Waals surface area contributed by atoms with Gasteiger partial charge in [-0.1, -0.05) is 65.8 Å². The lowest BCUT2D eigenvalue weighted by atomic mass is 10.1. The molecule has 0 saturated heterocycles. The first-order chi connectivity index (χ1) is 16.8. The van der Waals surface area contributed by atoms with Gasteiger partial charge in [0.15, 0.2) is 11.0 Å². The van der Waals surface area contributed by atoms with Crippen LogP contribution >= 0.6 is 23.4 Å². The van der Waals surface area contributed by atoms with E-state index in [0.29, 0.717) is 16.7 Å². The molecule has 0 saturated carbocycles. The van der Waals surface area contributed by atoms with E-state index >= 15 is 0 Å². The average Bonchev–Trinajstić information content (AvgIpc) is 3.25. The number of anilines is 2. The number of aryl methyl sites for hydroxylation is 3. The summed E-state index contributed by atoms with van der Waals surface area (Å²) >= 11 is 7.66. The van der Waals surface area contributed by atoms with Crippen molar-refractivity contribution < 1.29 is 4.79 Å². The molecule has 4 aromatic rings. The van der Waals surface area contributed by atoms with Crippen molar-refractivity contribution in [3.63, 3.8) is 0 Å². The van der Waals surface area contributed by atoms with Gasteiger partial charge in [0.2, 0.25) is 5.91 Å². The van der Waals surface area contributed by atoms with Crippen LogP contribution in [-0.2, 0) is 11.3 Å². The predicted molar refractivity (Wildman–Crippen MR) is 145 cm³/mol. The monoisotopic (exact) mass is 505 g/mol. The number of para-hydroxylation sites is 2. The molecule has 35 heavy (non-hydrogen) atoms. The van der Waals surface area contributed by atoms with Gasteiger partial charge in [-0.3, -0.25) is 9.36 Å². The summed E-state index contributed by atoms with van der Waals surface area (Å²) in [6, 6.07) is 21.7. The quantitative estimate of drug-likeness (QED) is 0.265. The SMILES string of the molecule is Cc1ccc(NCc2nnc(S[C@@H](C)C(=O)Nc3c(C)cccc3C)n2-c2ccccc2)cc1Cl. The molecule has 0 aliphatic rings. The second-order valence-electron chi connectivity index (χ2n) is 8.40. The van der Waals surface area contributed by atoms with Crippen LogP contribution in [-0.4, -0.2) is 25.9 Å². The van der Waals surface area contributed by atoms with Gasteiger partial charge in [-0.05, 0) is 68.7 Å². The lowest BCUT2D eigenvalue weighted by Gasteiger charge is -2.16.